The third kappa shape index (κ3) is 11.1. The summed E-state index contributed by atoms with van der Waals surface area (Å²) in [5.74, 6) is 0. The van der Waals surface area contributed by atoms with Crippen LogP contribution in [-0.4, -0.2) is 88.4 Å². The second-order valence-corrected chi connectivity index (χ2v) is 6.14. The third-order valence-electron chi connectivity index (χ3n) is 3.58. The highest BCUT2D eigenvalue weighted by molar-refractivity contribution is 4.83. The van der Waals surface area contributed by atoms with Crippen molar-refractivity contribution in [3.63, 3.8) is 0 Å². The summed E-state index contributed by atoms with van der Waals surface area (Å²) >= 11 is 0. The molecule has 0 unspecified atom stereocenters. The fraction of sp³-hybridized carbons (Fsp3) is 0.895. The van der Waals surface area contributed by atoms with Crippen LogP contribution in [-0.2, 0) is 33.2 Å². The summed E-state index contributed by atoms with van der Waals surface area (Å²) in [6, 6.07) is 0. The normalized spacial score (nSPS) is 11.7. The van der Waals surface area contributed by atoms with E-state index in [9.17, 15) is 0 Å². The topological polar surface area (TPSA) is 64.6 Å². The Hall–Kier alpha value is -0.700. The zero-order valence-corrected chi connectivity index (χ0v) is 17.8. The lowest BCUT2D eigenvalue weighted by Crippen LogP contribution is -2.45. The van der Waals surface area contributed by atoms with Crippen LogP contribution in [0.3, 0.4) is 0 Å². The highest BCUT2D eigenvalue weighted by Crippen LogP contribution is 2.24. The van der Waals surface area contributed by atoms with Crippen molar-refractivity contribution in [2.75, 3.05) is 88.4 Å². The monoisotopic (exact) mass is 380 g/mol. The molecule has 0 aliphatic heterocycles. The molecule has 0 saturated carbocycles. The lowest BCUT2D eigenvalue weighted by molar-refractivity contribution is -0.122. The summed E-state index contributed by atoms with van der Waals surface area (Å²) in [6.07, 6.45) is 1.41. The van der Waals surface area contributed by atoms with Gasteiger partial charge in [-0.1, -0.05) is 20.4 Å². The Balaban J connectivity index is 0. The van der Waals surface area contributed by atoms with E-state index in [0.29, 0.717) is 52.9 Å². The highest BCUT2D eigenvalue weighted by Gasteiger charge is 2.36. The molecule has 0 spiro atoms. The van der Waals surface area contributed by atoms with Crippen molar-refractivity contribution in [3.05, 3.63) is 12.8 Å². The largest absolute Gasteiger partial charge is 0.501 e. The van der Waals surface area contributed by atoms with Crippen molar-refractivity contribution in [3.8, 4) is 0 Å². The van der Waals surface area contributed by atoms with Crippen LogP contribution in [0.2, 0.25) is 0 Å². The first-order chi connectivity index (χ1) is 12.6. The van der Waals surface area contributed by atoms with Gasteiger partial charge in [-0.15, -0.1) is 0 Å². The van der Waals surface area contributed by atoms with Crippen molar-refractivity contribution in [1.82, 2.24) is 0 Å². The van der Waals surface area contributed by atoms with Gasteiger partial charge in [-0.3, -0.25) is 0 Å². The van der Waals surface area contributed by atoms with Gasteiger partial charge in [0.05, 0.1) is 69.9 Å². The van der Waals surface area contributed by atoms with Crippen molar-refractivity contribution in [2.24, 2.45) is 10.8 Å². The average Bonchev–Trinajstić information content (AvgIpc) is 2.63. The molecule has 0 aromatic heterocycles. The van der Waals surface area contributed by atoms with Gasteiger partial charge >= 0.3 is 0 Å². The summed E-state index contributed by atoms with van der Waals surface area (Å²) in [5, 5.41) is 0. The van der Waals surface area contributed by atoms with Crippen LogP contribution >= 0.6 is 0 Å². The summed E-state index contributed by atoms with van der Waals surface area (Å²) < 4.78 is 38.0. The molecule has 7 heteroatoms. The van der Waals surface area contributed by atoms with Crippen LogP contribution in [0.1, 0.15) is 13.8 Å². The molecule has 0 atom stereocenters. The van der Waals surface area contributed by atoms with E-state index in [0.717, 1.165) is 0 Å². The van der Waals surface area contributed by atoms with E-state index in [2.05, 4.69) is 6.58 Å². The zero-order chi connectivity index (χ0) is 20.3. The molecule has 158 valence electrons. The minimum atomic E-state index is -0.420. The Labute approximate surface area is 159 Å². The quantitative estimate of drug-likeness (QED) is 0.359. The maximum atomic E-state index is 6.01. The maximum Gasteiger partial charge on any atom is 0.0995 e. The number of ether oxygens (including phenoxy) is 7. The second-order valence-electron chi connectivity index (χ2n) is 6.14. The summed E-state index contributed by atoms with van der Waals surface area (Å²) in [6.45, 7) is 11.1. The Bertz CT molecular complexity index is 287. The van der Waals surface area contributed by atoms with Gasteiger partial charge in [-0.2, -0.15) is 0 Å². The fourth-order valence-corrected chi connectivity index (χ4v) is 2.75. The average molecular weight is 381 g/mol. The zero-order valence-electron chi connectivity index (χ0n) is 17.8. The maximum absolute atomic E-state index is 6.01. The van der Waals surface area contributed by atoms with Crippen LogP contribution in [0.25, 0.3) is 0 Å². The lowest BCUT2D eigenvalue weighted by Gasteiger charge is -2.35. The fourth-order valence-electron chi connectivity index (χ4n) is 2.75. The molecule has 0 radical (unpaired) electrons. The molecule has 0 rings (SSSR count). The van der Waals surface area contributed by atoms with Crippen LogP contribution < -0.4 is 0 Å². The van der Waals surface area contributed by atoms with Gasteiger partial charge in [0.2, 0.25) is 0 Å². The summed E-state index contributed by atoms with van der Waals surface area (Å²) in [7, 11) is 8.24. The van der Waals surface area contributed by atoms with Gasteiger partial charge in [0.1, 0.15) is 0 Å². The van der Waals surface area contributed by atoms with Gasteiger partial charge in [0, 0.05) is 35.5 Å². The van der Waals surface area contributed by atoms with Crippen molar-refractivity contribution < 1.29 is 33.2 Å². The lowest BCUT2D eigenvalue weighted by atomic mass is 9.90. The molecule has 0 aromatic carbocycles. The number of rotatable bonds is 17. The van der Waals surface area contributed by atoms with E-state index in [1.54, 1.807) is 35.5 Å². The minimum absolute atomic E-state index is 0.372. The Morgan fingerprint density at radius 2 is 0.885 bits per heavy atom. The molecule has 0 aliphatic carbocycles. The molecular weight excluding hydrogens is 340 g/mol. The number of methoxy groups -OCH3 is 5. The first kappa shape index (κ1) is 27.5. The molecule has 0 heterocycles. The molecule has 0 N–H and O–H groups in total. The Morgan fingerprint density at radius 3 is 1.15 bits per heavy atom. The van der Waals surface area contributed by atoms with E-state index < -0.39 is 5.41 Å². The molecular formula is C19H40O7. The van der Waals surface area contributed by atoms with Crippen LogP contribution in [0.5, 0.6) is 0 Å². The van der Waals surface area contributed by atoms with E-state index in [-0.39, 0.29) is 5.41 Å². The molecule has 0 aromatic rings. The van der Waals surface area contributed by atoms with E-state index >= 15 is 0 Å². The second kappa shape index (κ2) is 17.7. The number of hydrogen-bond acceptors (Lipinski definition) is 7. The van der Waals surface area contributed by atoms with Gasteiger partial charge in [-0.25, -0.2) is 0 Å². The van der Waals surface area contributed by atoms with E-state index in [1.165, 1.54) is 6.26 Å². The summed E-state index contributed by atoms with van der Waals surface area (Å²) in [4.78, 5) is 0. The SMILES string of the molecule is C=COCC(COC)(COC)COCC(COC)(COC)COC.CC. The molecule has 0 bridgehead atoms. The Morgan fingerprint density at radius 1 is 0.577 bits per heavy atom. The Kier molecular flexibility index (Phi) is 18.7. The molecule has 0 saturated heterocycles. The highest BCUT2D eigenvalue weighted by atomic mass is 16.5. The van der Waals surface area contributed by atoms with Crippen LogP contribution in [0.4, 0.5) is 0 Å². The van der Waals surface area contributed by atoms with Crippen molar-refractivity contribution in [1.29, 1.82) is 0 Å². The molecule has 26 heavy (non-hydrogen) atoms. The van der Waals surface area contributed by atoms with Gasteiger partial charge in [-0.05, 0) is 0 Å². The third-order valence-corrected chi connectivity index (χ3v) is 3.58. The van der Waals surface area contributed by atoms with Crippen LogP contribution in [0.15, 0.2) is 12.8 Å². The predicted molar refractivity (Wildman–Crippen MR) is 103 cm³/mol. The smallest absolute Gasteiger partial charge is 0.0995 e. The van der Waals surface area contributed by atoms with E-state index in [4.69, 9.17) is 33.2 Å². The molecule has 7 nitrogen and oxygen atoms in total. The first-order valence-corrected chi connectivity index (χ1v) is 8.82. The van der Waals surface area contributed by atoms with E-state index in [1.807, 2.05) is 13.8 Å². The molecule has 0 amide bonds. The molecule has 0 fully saturated rings. The van der Waals surface area contributed by atoms with Crippen molar-refractivity contribution in [2.45, 2.75) is 13.8 Å². The predicted octanol–water partition coefficient (Wildman–Crippen LogP) is 2.39. The summed E-state index contributed by atoms with van der Waals surface area (Å²) in [5.41, 5.74) is -0.792. The first-order valence-electron chi connectivity index (χ1n) is 8.82. The van der Waals surface area contributed by atoms with Crippen LogP contribution in [0, 0.1) is 10.8 Å². The van der Waals surface area contributed by atoms with Crippen molar-refractivity contribution >= 4 is 0 Å². The van der Waals surface area contributed by atoms with Gasteiger partial charge in [0.25, 0.3) is 0 Å². The standard InChI is InChI=1S/C17H34O7.C2H6/c1-7-23-13-17(11-21-5,12-22-6)15-24-14-16(8-18-2,9-19-3)10-20-4;1-2/h7H,1,8-15H2,2-6H3;1-2H3. The van der Waals surface area contributed by atoms with Gasteiger partial charge in [0.15, 0.2) is 0 Å². The van der Waals surface area contributed by atoms with Gasteiger partial charge < -0.3 is 33.2 Å². The molecule has 0 aliphatic rings. The minimum Gasteiger partial charge on any atom is -0.501 e. The number of hydrogen-bond donors (Lipinski definition) is 0.